The van der Waals surface area contributed by atoms with Crippen LogP contribution in [-0.2, 0) is 0 Å². The van der Waals surface area contributed by atoms with E-state index in [4.69, 9.17) is 4.74 Å². The molecule has 2 rings (SSSR count). The van der Waals surface area contributed by atoms with Crippen molar-refractivity contribution in [2.45, 2.75) is 6.92 Å². The molecule has 0 bridgehead atoms. The summed E-state index contributed by atoms with van der Waals surface area (Å²) in [4.78, 5) is 20.0. The van der Waals surface area contributed by atoms with Crippen molar-refractivity contribution in [3.8, 4) is 5.88 Å². The van der Waals surface area contributed by atoms with Gasteiger partial charge in [-0.05, 0) is 25.1 Å². The number of ether oxygens (including phenoxy) is 1. The molecule has 0 saturated heterocycles. The molecule has 5 heteroatoms. The number of fused-ring (bicyclic) bond motifs is 1. The van der Waals surface area contributed by atoms with Crippen molar-refractivity contribution in [3.05, 3.63) is 29.6 Å². The molecule has 1 amide bonds. The normalized spacial score (nSPS) is 10.3. The predicted molar refractivity (Wildman–Crippen MR) is 64.2 cm³/mol. The standard InChI is InChI=1S/C12H13N3O2/c1-7-14-10-6-8(11(16)13-2)4-5-9(10)12(15-7)17-3/h4-6H,1-3H3,(H,13,16). The van der Waals surface area contributed by atoms with Gasteiger partial charge < -0.3 is 10.1 Å². The maximum atomic E-state index is 11.5. The minimum absolute atomic E-state index is 0.137. The van der Waals surface area contributed by atoms with E-state index in [9.17, 15) is 4.79 Å². The topological polar surface area (TPSA) is 64.1 Å². The van der Waals surface area contributed by atoms with Crippen molar-refractivity contribution in [1.82, 2.24) is 15.3 Å². The molecule has 1 heterocycles. The Morgan fingerprint density at radius 1 is 1.35 bits per heavy atom. The third-order valence-electron chi connectivity index (χ3n) is 2.46. The summed E-state index contributed by atoms with van der Waals surface area (Å²) in [7, 11) is 3.16. The number of benzene rings is 1. The van der Waals surface area contributed by atoms with Gasteiger partial charge >= 0.3 is 0 Å². The van der Waals surface area contributed by atoms with Crippen LogP contribution >= 0.6 is 0 Å². The highest BCUT2D eigenvalue weighted by Gasteiger charge is 2.09. The summed E-state index contributed by atoms with van der Waals surface area (Å²) in [6.45, 7) is 1.79. The van der Waals surface area contributed by atoms with Crippen molar-refractivity contribution in [3.63, 3.8) is 0 Å². The number of nitrogens with one attached hydrogen (secondary N) is 1. The van der Waals surface area contributed by atoms with Crippen LogP contribution in [0.1, 0.15) is 16.2 Å². The summed E-state index contributed by atoms with van der Waals surface area (Å²) in [6, 6.07) is 5.24. The van der Waals surface area contributed by atoms with Crippen LogP contribution in [0.25, 0.3) is 10.9 Å². The zero-order chi connectivity index (χ0) is 12.4. The molecule has 1 aromatic carbocycles. The van der Waals surface area contributed by atoms with E-state index in [0.717, 1.165) is 5.39 Å². The molecule has 0 aliphatic heterocycles. The van der Waals surface area contributed by atoms with Crippen LogP contribution in [0.15, 0.2) is 18.2 Å². The summed E-state index contributed by atoms with van der Waals surface area (Å²) in [5, 5.41) is 3.37. The number of aromatic nitrogens is 2. The molecule has 0 atom stereocenters. The minimum atomic E-state index is -0.137. The van der Waals surface area contributed by atoms with Crippen molar-refractivity contribution >= 4 is 16.8 Å². The second-order valence-corrected chi connectivity index (χ2v) is 3.59. The van der Waals surface area contributed by atoms with Gasteiger partial charge in [-0.3, -0.25) is 4.79 Å². The second-order valence-electron chi connectivity index (χ2n) is 3.59. The van der Waals surface area contributed by atoms with Crippen molar-refractivity contribution in [2.75, 3.05) is 14.2 Å². The van der Waals surface area contributed by atoms with Gasteiger partial charge in [-0.15, -0.1) is 0 Å². The minimum Gasteiger partial charge on any atom is -0.480 e. The quantitative estimate of drug-likeness (QED) is 0.846. The van der Waals surface area contributed by atoms with Crippen LogP contribution in [0.4, 0.5) is 0 Å². The highest BCUT2D eigenvalue weighted by Crippen LogP contribution is 2.22. The van der Waals surface area contributed by atoms with E-state index < -0.39 is 0 Å². The number of carbonyl (C=O) groups excluding carboxylic acids is 1. The van der Waals surface area contributed by atoms with E-state index in [1.807, 2.05) is 0 Å². The lowest BCUT2D eigenvalue weighted by Gasteiger charge is -2.06. The number of hydrogen-bond acceptors (Lipinski definition) is 4. The molecule has 0 spiro atoms. The summed E-state index contributed by atoms with van der Waals surface area (Å²) in [5.41, 5.74) is 1.27. The summed E-state index contributed by atoms with van der Waals surface area (Å²) in [6.07, 6.45) is 0. The molecular formula is C12H13N3O2. The molecule has 0 radical (unpaired) electrons. The van der Waals surface area contributed by atoms with Crippen LogP contribution in [-0.4, -0.2) is 30.0 Å². The molecule has 1 aromatic heterocycles. The van der Waals surface area contributed by atoms with Crippen LogP contribution in [0, 0.1) is 6.92 Å². The molecule has 0 fully saturated rings. The van der Waals surface area contributed by atoms with Crippen LogP contribution in [0.5, 0.6) is 5.88 Å². The number of rotatable bonds is 2. The molecule has 2 aromatic rings. The first-order valence-corrected chi connectivity index (χ1v) is 5.20. The van der Waals surface area contributed by atoms with Crippen LogP contribution in [0.2, 0.25) is 0 Å². The molecule has 17 heavy (non-hydrogen) atoms. The average Bonchev–Trinajstić information content (AvgIpc) is 2.35. The number of aryl methyl sites for hydroxylation is 1. The van der Waals surface area contributed by atoms with Gasteiger partial charge in [0.2, 0.25) is 5.88 Å². The van der Waals surface area contributed by atoms with Gasteiger partial charge in [0.1, 0.15) is 5.82 Å². The van der Waals surface area contributed by atoms with Gasteiger partial charge in [0.05, 0.1) is 18.0 Å². The van der Waals surface area contributed by atoms with E-state index in [1.54, 1.807) is 39.3 Å². The molecule has 0 saturated carbocycles. The lowest BCUT2D eigenvalue weighted by atomic mass is 10.1. The van der Waals surface area contributed by atoms with Gasteiger partial charge in [-0.25, -0.2) is 4.98 Å². The first kappa shape index (κ1) is 11.3. The average molecular weight is 231 g/mol. The zero-order valence-electron chi connectivity index (χ0n) is 9.94. The Hall–Kier alpha value is -2.17. The fourth-order valence-corrected chi connectivity index (χ4v) is 1.65. The fourth-order valence-electron chi connectivity index (χ4n) is 1.65. The van der Waals surface area contributed by atoms with E-state index in [-0.39, 0.29) is 5.91 Å². The number of nitrogens with zero attached hydrogens (tertiary/aromatic N) is 2. The maximum Gasteiger partial charge on any atom is 0.251 e. The van der Waals surface area contributed by atoms with Crippen molar-refractivity contribution in [2.24, 2.45) is 0 Å². The fraction of sp³-hybridized carbons (Fsp3) is 0.250. The Balaban J connectivity index is 2.65. The highest BCUT2D eigenvalue weighted by molar-refractivity contribution is 5.98. The molecule has 0 aliphatic rings. The van der Waals surface area contributed by atoms with Gasteiger partial charge in [0.15, 0.2) is 0 Å². The Labute approximate surface area is 98.8 Å². The van der Waals surface area contributed by atoms with Crippen LogP contribution < -0.4 is 10.1 Å². The zero-order valence-corrected chi connectivity index (χ0v) is 9.94. The molecule has 1 N–H and O–H groups in total. The molecule has 0 aliphatic carbocycles. The van der Waals surface area contributed by atoms with Gasteiger partial charge in [-0.2, -0.15) is 4.98 Å². The van der Waals surface area contributed by atoms with Gasteiger partial charge in [0.25, 0.3) is 5.91 Å². The van der Waals surface area contributed by atoms with Gasteiger partial charge in [0, 0.05) is 12.6 Å². The molecular weight excluding hydrogens is 218 g/mol. The molecule has 88 valence electrons. The van der Waals surface area contributed by atoms with Crippen molar-refractivity contribution < 1.29 is 9.53 Å². The van der Waals surface area contributed by atoms with E-state index >= 15 is 0 Å². The van der Waals surface area contributed by atoms with E-state index in [1.165, 1.54) is 0 Å². The first-order valence-electron chi connectivity index (χ1n) is 5.20. The Bertz CT molecular complexity index is 581. The van der Waals surface area contributed by atoms with Crippen molar-refractivity contribution in [1.29, 1.82) is 0 Å². The SMILES string of the molecule is CNC(=O)c1ccc2c(OC)nc(C)nc2c1. The highest BCUT2D eigenvalue weighted by atomic mass is 16.5. The Morgan fingerprint density at radius 3 is 2.76 bits per heavy atom. The Kier molecular flexibility index (Phi) is 2.91. The maximum absolute atomic E-state index is 11.5. The monoisotopic (exact) mass is 231 g/mol. The third-order valence-corrected chi connectivity index (χ3v) is 2.46. The first-order chi connectivity index (χ1) is 8.15. The summed E-state index contributed by atoms with van der Waals surface area (Å²) < 4.78 is 5.18. The largest absolute Gasteiger partial charge is 0.480 e. The molecule has 0 unspecified atom stereocenters. The van der Waals surface area contributed by atoms with E-state index in [0.29, 0.717) is 22.8 Å². The predicted octanol–water partition coefficient (Wildman–Crippen LogP) is 1.31. The summed E-state index contributed by atoms with van der Waals surface area (Å²) in [5.74, 6) is 1.00. The lowest BCUT2D eigenvalue weighted by molar-refractivity contribution is 0.0963. The molecule has 5 nitrogen and oxygen atoms in total. The van der Waals surface area contributed by atoms with E-state index in [2.05, 4.69) is 15.3 Å². The third kappa shape index (κ3) is 2.04. The number of carbonyl (C=O) groups is 1. The smallest absolute Gasteiger partial charge is 0.251 e. The second kappa shape index (κ2) is 4.37. The number of hydrogen-bond donors (Lipinski definition) is 1. The number of amides is 1. The van der Waals surface area contributed by atoms with Crippen LogP contribution in [0.3, 0.4) is 0 Å². The Morgan fingerprint density at radius 2 is 2.12 bits per heavy atom. The number of methoxy groups -OCH3 is 1. The lowest BCUT2D eigenvalue weighted by Crippen LogP contribution is -2.17. The van der Waals surface area contributed by atoms with Gasteiger partial charge in [-0.1, -0.05) is 0 Å². The summed E-state index contributed by atoms with van der Waals surface area (Å²) >= 11 is 0.